The first kappa shape index (κ1) is 48.4. The molecule has 2 unspecified atom stereocenters. The fraction of sp³-hybridized carbons (Fsp3) is 0.268. The average Bonchev–Trinajstić information content (AvgIpc) is 3.39. The molecule has 0 saturated carbocycles. The SMILES string of the molecule is CCC(c1ccccc1)c1cc(C2=CC(c3c4c(c(-c5ccccc5)c5ccccc35)CCC=C4)=CC(C(C)C)C2)cc2c1B(c1cc(C(C)(C)C)ccc1C)c1cc(C(C)(C)C)ccc1N2c1ccccc1. The van der Waals surface area contributed by atoms with Gasteiger partial charge in [0.15, 0.2) is 0 Å². The van der Waals surface area contributed by atoms with E-state index < -0.39 is 0 Å². The minimum absolute atomic E-state index is 0.00313. The van der Waals surface area contributed by atoms with Crippen molar-refractivity contribution in [2.24, 2.45) is 11.8 Å². The van der Waals surface area contributed by atoms with Gasteiger partial charge in [-0.05, 0) is 168 Å². The minimum Gasteiger partial charge on any atom is -0.311 e. The van der Waals surface area contributed by atoms with Gasteiger partial charge in [0.25, 0.3) is 0 Å². The van der Waals surface area contributed by atoms with E-state index in [1.54, 1.807) is 0 Å². The molecule has 73 heavy (non-hydrogen) atoms. The second kappa shape index (κ2) is 19.2. The number of allylic oxidation sites excluding steroid dienone is 5. The Balaban J connectivity index is 1.23. The number of aryl methyl sites for hydroxylation is 1. The fourth-order valence-corrected chi connectivity index (χ4v) is 12.5. The lowest BCUT2D eigenvalue weighted by molar-refractivity contribution is 0.474. The van der Waals surface area contributed by atoms with Gasteiger partial charge in [-0.25, -0.2) is 0 Å². The van der Waals surface area contributed by atoms with Crippen LogP contribution in [0.15, 0.2) is 182 Å². The first-order chi connectivity index (χ1) is 35.2. The maximum absolute atomic E-state index is 2.66. The largest absolute Gasteiger partial charge is 0.311 e. The Bertz CT molecular complexity index is 3470. The summed E-state index contributed by atoms with van der Waals surface area (Å²) >= 11 is 0. The maximum atomic E-state index is 2.66. The molecule has 0 radical (unpaired) electrons. The van der Waals surface area contributed by atoms with Crippen LogP contribution >= 0.6 is 0 Å². The number of para-hydroxylation sites is 1. The summed E-state index contributed by atoms with van der Waals surface area (Å²) in [5.74, 6) is 0.982. The van der Waals surface area contributed by atoms with Gasteiger partial charge in [0.2, 0.25) is 6.71 Å². The number of fused-ring (bicyclic) bond motifs is 4. The molecule has 1 nitrogen and oxygen atoms in total. The molecule has 0 fully saturated rings. The third-order valence-electron chi connectivity index (χ3n) is 16.6. The molecule has 2 atom stereocenters. The molecule has 0 spiro atoms. The van der Waals surface area contributed by atoms with E-state index in [0.717, 1.165) is 25.7 Å². The maximum Gasteiger partial charge on any atom is 0.247 e. The third-order valence-corrected chi connectivity index (χ3v) is 16.6. The van der Waals surface area contributed by atoms with Gasteiger partial charge >= 0.3 is 0 Å². The summed E-state index contributed by atoms with van der Waals surface area (Å²) in [5, 5.41) is 2.67. The molecule has 8 aromatic carbocycles. The standard InChI is InChI=1S/C71H72BN/c1-11-57(48-25-15-12-16-26-48)62-42-52(51-39-50(46(2)3)40-53(41-51)68-60-33-23-21-31-58(60)67(49-27-17-13-18-28-49)59-32-22-24-34-61(59)68)43-66-69(62)72(63-44-54(70(5,6)7)36-35-47(63)4)64-45-55(71(8,9)10)37-38-65(64)73(66)56-29-19-14-20-30-56/h12-21,23-31,33-38,40-46,50,57H,11,22,32,39H2,1-10H3. The van der Waals surface area contributed by atoms with E-state index in [2.05, 4.69) is 262 Å². The van der Waals surface area contributed by atoms with Crippen LogP contribution < -0.4 is 21.3 Å². The summed E-state index contributed by atoms with van der Waals surface area (Å²) in [7, 11) is 0. The van der Waals surface area contributed by atoms with E-state index >= 15 is 0 Å². The Morgan fingerprint density at radius 1 is 0.630 bits per heavy atom. The molecular formula is C71H72BN. The molecule has 3 aliphatic rings. The molecule has 0 aromatic heterocycles. The number of nitrogens with zero attached hydrogens (tertiary/aromatic N) is 1. The van der Waals surface area contributed by atoms with Crippen LogP contribution in [0.2, 0.25) is 0 Å². The van der Waals surface area contributed by atoms with Crippen LogP contribution in [0.25, 0.3) is 39.1 Å². The second-order valence-electron chi connectivity index (χ2n) is 23.7. The lowest BCUT2D eigenvalue weighted by Gasteiger charge is -2.41. The van der Waals surface area contributed by atoms with E-state index in [9.17, 15) is 0 Å². The molecule has 2 aliphatic carbocycles. The number of hydrogen-bond donors (Lipinski definition) is 0. The van der Waals surface area contributed by atoms with Crippen LogP contribution in [0.3, 0.4) is 0 Å². The predicted octanol–water partition coefficient (Wildman–Crippen LogP) is 17.4. The van der Waals surface area contributed by atoms with E-state index in [0.29, 0.717) is 11.8 Å². The molecule has 0 saturated heterocycles. The Hall–Kier alpha value is -6.90. The van der Waals surface area contributed by atoms with Crippen molar-refractivity contribution in [2.75, 3.05) is 4.90 Å². The van der Waals surface area contributed by atoms with Crippen molar-refractivity contribution in [3.8, 4) is 11.1 Å². The number of rotatable bonds is 9. The van der Waals surface area contributed by atoms with Crippen molar-refractivity contribution >= 4 is 68.2 Å². The summed E-state index contributed by atoms with van der Waals surface area (Å²) in [5.41, 5.74) is 25.7. The van der Waals surface area contributed by atoms with Crippen LogP contribution in [0, 0.1) is 18.8 Å². The lowest BCUT2D eigenvalue weighted by atomic mass is 9.33. The number of anilines is 3. The van der Waals surface area contributed by atoms with Crippen molar-refractivity contribution < 1.29 is 0 Å². The van der Waals surface area contributed by atoms with Gasteiger partial charge < -0.3 is 4.90 Å². The van der Waals surface area contributed by atoms with Crippen molar-refractivity contribution in [3.05, 3.63) is 232 Å². The highest BCUT2D eigenvalue weighted by Gasteiger charge is 2.41. The highest BCUT2D eigenvalue weighted by atomic mass is 15.1. The Kier molecular flexibility index (Phi) is 12.7. The van der Waals surface area contributed by atoms with Gasteiger partial charge in [-0.3, -0.25) is 0 Å². The van der Waals surface area contributed by atoms with E-state index in [1.807, 2.05) is 0 Å². The molecule has 0 N–H and O–H groups in total. The second-order valence-corrected chi connectivity index (χ2v) is 23.7. The van der Waals surface area contributed by atoms with Gasteiger partial charge in [-0.15, -0.1) is 0 Å². The van der Waals surface area contributed by atoms with E-state index in [-0.39, 0.29) is 23.5 Å². The van der Waals surface area contributed by atoms with E-state index in [4.69, 9.17) is 0 Å². The molecule has 0 amide bonds. The molecule has 364 valence electrons. The normalized spacial score (nSPS) is 16.0. The van der Waals surface area contributed by atoms with Crippen LogP contribution in [0.4, 0.5) is 17.1 Å². The zero-order valence-corrected chi connectivity index (χ0v) is 45.0. The molecule has 1 aliphatic heterocycles. The minimum atomic E-state index is -0.0315. The van der Waals surface area contributed by atoms with Crippen LogP contribution in [-0.2, 0) is 17.3 Å². The average molecular weight is 950 g/mol. The van der Waals surface area contributed by atoms with Crippen molar-refractivity contribution in [2.45, 2.75) is 112 Å². The zero-order chi connectivity index (χ0) is 50.8. The van der Waals surface area contributed by atoms with Crippen LogP contribution in [0.1, 0.15) is 138 Å². The lowest BCUT2D eigenvalue weighted by Crippen LogP contribution is -2.59. The smallest absolute Gasteiger partial charge is 0.247 e. The zero-order valence-electron chi connectivity index (χ0n) is 45.0. The van der Waals surface area contributed by atoms with Crippen molar-refractivity contribution in [1.82, 2.24) is 0 Å². The molecular weight excluding hydrogens is 878 g/mol. The third kappa shape index (κ3) is 8.86. The van der Waals surface area contributed by atoms with Gasteiger partial charge in [0, 0.05) is 23.0 Å². The molecule has 0 bridgehead atoms. The highest BCUT2D eigenvalue weighted by molar-refractivity contribution is 6.98. The quantitative estimate of drug-likeness (QED) is 0.130. The first-order valence-electron chi connectivity index (χ1n) is 27.3. The molecule has 2 heteroatoms. The highest BCUT2D eigenvalue weighted by Crippen LogP contribution is 2.48. The van der Waals surface area contributed by atoms with Crippen molar-refractivity contribution in [3.63, 3.8) is 0 Å². The van der Waals surface area contributed by atoms with Gasteiger partial charge in [0.05, 0.1) is 0 Å². The van der Waals surface area contributed by atoms with Gasteiger partial charge in [-0.2, -0.15) is 0 Å². The summed E-state index contributed by atoms with van der Waals surface area (Å²) in [6, 6.07) is 62.9. The Morgan fingerprint density at radius 3 is 1.90 bits per heavy atom. The molecule has 8 aromatic rings. The molecule has 1 heterocycles. The number of hydrogen-bond acceptors (Lipinski definition) is 1. The topological polar surface area (TPSA) is 3.24 Å². The predicted molar refractivity (Wildman–Crippen MR) is 319 cm³/mol. The molecule has 11 rings (SSSR count). The van der Waals surface area contributed by atoms with Crippen molar-refractivity contribution in [1.29, 1.82) is 0 Å². The monoisotopic (exact) mass is 950 g/mol. The van der Waals surface area contributed by atoms with Crippen LogP contribution in [-0.4, -0.2) is 6.71 Å². The Morgan fingerprint density at radius 2 is 1.25 bits per heavy atom. The summed E-state index contributed by atoms with van der Waals surface area (Å²) in [4.78, 5) is 2.62. The first-order valence-corrected chi connectivity index (χ1v) is 27.3. The Labute approximate surface area is 437 Å². The summed E-state index contributed by atoms with van der Waals surface area (Å²) < 4.78 is 0. The summed E-state index contributed by atoms with van der Waals surface area (Å²) in [6.07, 6.45) is 14.1. The van der Waals surface area contributed by atoms with E-state index in [1.165, 1.54) is 117 Å². The van der Waals surface area contributed by atoms with Gasteiger partial charge in [0.1, 0.15) is 0 Å². The van der Waals surface area contributed by atoms with Gasteiger partial charge in [-0.1, -0.05) is 237 Å². The van der Waals surface area contributed by atoms with Crippen LogP contribution in [0.5, 0.6) is 0 Å². The number of benzene rings is 8. The summed E-state index contributed by atoms with van der Waals surface area (Å²) in [6.45, 7) is 23.7. The fourth-order valence-electron chi connectivity index (χ4n) is 12.5.